The molecular formula is C22H18Cl2N2O3S. The van der Waals surface area contributed by atoms with Crippen LogP contribution in [0, 0.1) is 0 Å². The molecule has 30 heavy (non-hydrogen) atoms. The highest BCUT2D eigenvalue weighted by Gasteiger charge is 2.25. The van der Waals surface area contributed by atoms with Crippen LogP contribution in [0.2, 0.25) is 10.0 Å². The summed E-state index contributed by atoms with van der Waals surface area (Å²) in [5, 5.41) is 0.366. The van der Waals surface area contributed by atoms with Crippen LogP contribution >= 0.6 is 23.2 Å². The highest BCUT2D eigenvalue weighted by Crippen LogP contribution is 2.33. The Morgan fingerprint density at radius 1 is 0.933 bits per heavy atom. The number of halogens is 2. The number of hydrogen-bond acceptors (Lipinski definition) is 3. The average Bonchev–Trinajstić information content (AvgIpc) is 2.72. The first-order chi connectivity index (χ1) is 14.3. The highest BCUT2D eigenvalue weighted by atomic mass is 35.5. The van der Waals surface area contributed by atoms with Gasteiger partial charge < -0.3 is 4.90 Å². The van der Waals surface area contributed by atoms with E-state index in [0.29, 0.717) is 25.1 Å². The van der Waals surface area contributed by atoms with E-state index in [1.807, 2.05) is 30.3 Å². The molecule has 1 aliphatic rings. The molecule has 1 aliphatic heterocycles. The van der Waals surface area contributed by atoms with Crippen molar-refractivity contribution in [1.29, 1.82) is 0 Å². The molecule has 3 aromatic carbocycles. The van der Waals surface area contributed by atoms with Crippen LogP contribution in [0.4, 0.5) is 11.4 Å². The van der Waals surface area contributed by atoms with E-state index in [1.165, 1.54) is 18.2 Å². The number of carbonyl (C=O) groups excluding carboxylic acids is 1. The van der Waals surface area contributed by atoms with E-state index in [0.717, 1.165) is 16.8 Å². The van der Waals surface area contributed by atoms with Crippen LogP contribution in [0.5, 0.6) is 0 Å². The molecule has 1 N–H and O–H groups in total. The lowest BCUT2D eigenvalue weighted by atomic mass is 10.00. The van der Waals surface area contributed by atoms with Crippen molar-refractivity contribution in [3.05, 3.63) is 87.9 Å². The van der Waals surface area contributed by atoms with Crippen LogP contribution in [0.25, 0.3) is 0 Å². The predicted molar refractivity (Wildman–Crippen MR) is 120 cm³/mol. The average molecular weight is 461 g/mol. The summed E-state index contributed by atoms with van der Waals surface area (Å²) in [6.07, 6.45) is 0.920. The van der Waals surface area contributed by atoms with Crippen molar-refractivity contribution >= 4 is 50.5 Å². The Labute approximate surface area is 185 Å². The number of aryl methyl sites for hydroxylation is 1. The molecule has 8 heteroatoms. The fraction of sp³-hybridized carbons (Fsp3) is 0.136. The lowest BCUT2D eigenvalue weighted by molar-refractivity contribution is -0.119. The van der Waals surface area contributed by atoms with Crippen molar-refractivity contribution < 1.29 is 13.2 Å². The fourth-order valence-corrected chi connectivity index (χ4v) is 5.27. The van der Waals surface area contributed by atoms with Crippen LogP contribution in [-0.2, 0) is 27.8 Å². The molecule has 0 aromatic heterocycles. The van der Waals surface area contributed by atoms with Crippen LogP contribution < -0.4 is 9.62 Å². The van der Waals surface area contributed by atoms with E-state index < -0.39 is 10.0 Å². The largest absolute Gasteiger partial charge is 0.308 e. The minimum absolute atomic E-state index is 0.0467. The zero-order chi connectivity index (χ0) is 21.3. The third-order valence-corrected chi connectivity index (χ3v) is 7.00. The second-order valence-electron chi connectivity index (χ2n) is 6.99. The quantitative estimate of drug-likeness (QED) is 0.563. The van der Waals surface area contributed by atoms with Crippen molar-refractivity contribution in [1.82, 2.24) is 0 Å². The van der Waals surface area contributed by atoms with E-state index in [4.69, 9.17) is 23.2 Å². The maximum atomic E-state index is 12.8. The Morgan fingerprint density at radius 3 is 2.47 bits per heavy atom. The molecule has 0 aliphatic carbocycles. The van der Waals surface area contributed by atoms with Crippen molar-refractivity contribution in [2.45, 2.75) is 24.3 Å². The van der Waals surface area contributed by atoms with Gasteiger partial charge in [-0.3, -0.25) is 9.52 Å². The normalized spacial score (nSPS) is 13.8. The maximum absolute atomic E-state index is 12.8. The second-order valence-corrected chi connectivity index (χ2v) is 9.48. The number of nitrogens with zero attached hydrogens (tertiary/aromatic N) is 1. The summed E-state index contributed by atoms with van der Waals surface area (Å²) >= 11 is 12.0. The molecule has 0 spiro atoms. The van der Waals surface area contributed by atoms with Gasteiger partial charge in [0.25, 0.3) is 10.0 Å². The first-order valence-electron chi connectivity index (χ1n) is 9.28. The molecule has 4 rings (SSSR count). The summed E-state index contributed by atoms with van der Waals surface area (Å²) < 4.78 is 28.1. The molecule has 1 heterocycles. The first-order valence-corrected chi connectivity index (χ1v) is 11.5. The number of fused-ring (bicyclic) bond motifs is 1. The third-order valence-electron chi connectivity index (χ3n) is 4.90. The number of carbonyl (C=O) groups is 1. The van der Waals surface area contributed by atoms with Gasteiger partial charge in [0.2, 0.25) is 5.91 Å². The number of sulfonamides is 1. The lowest BCUT2D eigenvalue weighted by Crippen LogP contribution is -2.34. The lowest BCUT2D eigenvalue weighted by Gasteiger charge is -2.30. The Bertz CT molecular complexity index is 1210. The first kappa shape index (κ1) is 20.7. The van der Waals surface area contributed by atoms with Gasteiger partial charge in [0, 0.05) is 22.8 Å². The smallest absolute Gasteiger partial charge is 0.263 e. The highest BCUT2D eigenvalue weighted by molar-refractivity contribution is 7.92. The summed E-state index contributed by atoms with van der Waals surface area (Å²) in [4.78, 5) is 14.2. The van der Waals surface area contributed by atoms with E-state index >= 15 is 0 Å². The minimum Gasteiger partial charge on any atom is -0.308 e. The summed E-state index contributed by atoms with van der Waals surface area (Å²) in [7, 11) is -3.91. The van der Waals surface area contributed by atoms with Gasteiger partial charge in [0.05, 0.1) is 11.6 Å². The zero-order valence-electron chi connectivity index (χ0n) is 15.8. The Morgan fingerprint density at radius 2 is 1.70 bits per heavy atom. The Balaban J connectivity index is 1.62. The summed E-state index contributed by atoms with van der Waals surface area (Å²) in [5.74, 6) is 0.0467. The summed E-state index contributed by atoms with van der Waals surface area (Å²) in [5.41, 5.74) is 3.12. The van der Waals surface area contributed by atoms with Crippen LogP contribution in [-0.4, -0.2) is 14.3 Å². The predicted octanol–water partition coefficient (Wildman–Crippen LogP) is 5.27. The van der Waals surface area contributed by atoms with Crippen molar-refractivity contribution in [2.24, 2.45) is 0 Å². The number of benzene rings is 3. The topological polar surface area (TPSA) is 66.5 Å². The molecular weight excluding hydrogens is 443 g/mol. The molecule has 3 aromatic rings. The van der Waals surface area contributed by atoms with Gasteiger partial charge in [-0.1, -0.05) is 53.5 Å². The number of hydrogen-bond donors (Lipinski definition) is 1. The van der Waals surface area contributed by atoms with Gasteiger partial charge >= 0.3 is 0 Å². The zero-order valence-corrected chi connectivity index (χ0v) is 18.1. The molecule has 0 saturated heterocycles. The maximum Gasteiger partial charge on any atom is 0.263 e. The molecule has 0 bridgehead atoms. The van der Waals surface area contributed by atoms with Crippen LogP contribution in [0.1, 0.15) is 17.5 Å². The Kier molecular flexibility index (Phi) is 5.73. The van der Waals surface area contributed by atoms with Gasteiger partial charge in [-0.15, -0.1) is 0 Å². The summed E-state index contributed by atoms with van der Waals surface area (Å²) in [6.45, 7) is 0.468. The molecule has 0 atom stereocenters. The third kappa shape index (κ3) is 4.31. The van der Waals surface area contributed by atoms with Gasteiger partial charge in [-0.25, -0.2) is 8.42 Å². The van der Waals surface area contributed by atoms with Crippen molar-refractivity contribution in [3.63, 3.8) is 0 Å². The molecule has 1 amide bonds. The van der Waals surface area contributed by atoms with Gasteiger partial charge in [0.15, 0.2) is 0 Å². The number of rotatable bonds is 5. The van der Waals surface area contributed by atoms with Crippen LogP contribution in [0.3, 0.4) is 0 Å². The van der Waals surface area contributed by atoms with Crippen molar-refractivity contribution in [3.8, 4) is 0 Å². The van der Waals surface area contributed by atoms with Crippen LogP contribution in [0.15, 0.2) is 71.6 Å². The number of amides is 1. The van der Waals surface area contributed by atoms with Gasteiger partial charge in [0.1, 0.15) is 4.90 Å². The van der Waals surface area contributed by atoms with Gasteiger partial charge in [-0.2, -0.15) is 0 Å². The Hall–Kier alpha value is -2.54. The second kappa shape index (κ2) is 8.30. The molecule has 0 radical (unpaired) electrons. The molecule has 0 unspecified atom stereocenters. The summed E-state index contributed by atoms with van der Waals surface area (Å²) in [6, 6.07) is 19.2. The van der Waals surface area contributed by atoms with E-state index in [9.17, 15) is 13.2 Å². The van der Waals surface area contributed by atoms with Crippen molar-refractivity contribution in [2.75, 3.05) is 9.62 Å². The monoisotopic (exact) mass is 460 g/mol. The standard InChI is InChI=1S/C22H18Cl2N2O3S/c23-17-7-9-19(24)21(13-17)30(28,29)25-18-8-10-20-16(12-18)6-11-22(27)26(20)14-15-4-2-1-3-5-15/h1-5,7-10,12-13,25H,6,11,14H2. The fourth-order valence-electron chi connectivity index (χ4n) is 3.46. The SMILES string of the molecule is O=C1CCc2cc(NS(=O)(=O)c3cc(Cl)ccc3Cl)ccc2N1Cc1ccccc1. The van der Waals surface area contributed by atoms with E-state index in [1.54, 1.807) is 23.1 Å². The molecule has 5 nitrogen and oxygen atoms in total. The molecule has 0 fully saturated rings. The molecule has 154 valence electrons. The minimum atomic E-state index is -3.91. The number of nitrogens with one attached hydrogen (secondary N) is 1. The molecule has 0 saturated carbocycles. The van der Waals surface area contributed by atoms with E-state index in [2.05, 4.69) is 4.72 Å². The van der Waals surface area contributed by atoms with Gasteiger partial charge in [-0.05, 0) is 53.9 Å². The number of anilines is 2. The van der Waals surface area contributed by atoms with E-state index in [-0.39, 0.29) is 20.8 Å².